The smallest absolute Gasteiger partial charge is 0.260 e. The molecule has 170 valence electrons. The summed E-state index contributed by atoms with van der Waals surface area (Å²) in [7, 11) is -0.698. The molecule has 32 heavy (non-hydrogen) atoms. The Labute approximate surface area is 194 Å². The van der Waals surface area contributed by atoms with E-state index in [2.05, 4.69) is 15.3 Å². The van der Waals surface area contributed by atoms with Gasteiger partial charge in [-0.3, -0.25) is 9.59 Å². The summed E-state index contributed by atoms with van der Waals surface area (Å²) in [5, 5.41) is 3.27. The van der Waals surface area contributed by atoms with Gasteiger partial charge in [0.2, 0.25) is 15.9 Å². The molecule has 0 saturated heterocycles. The molecule has 3 aromatic rings. The van der Waals surface area contributed by atoms with Gasteiger partial charge < -0.3 is 10.3 Å². The molecule has 1 atom stereocenters. The van der Waals surface area contributed by atoms with E-state index in [1.54, 1.807) is 30.4 Å². The third kappa shape index (κ3) is 4.47. The minimum atomic E-state index is -3.60. The van der Waals surface area contributed by atoms with Crippen molar-refractivity contribution < 1.29 is 13.2 Å². The summed E-state index contributed by atoms with van der Waals surface area (Å²) in [5.74, 6) is -0.317. The molecule has 1 aliphatic rings. The molecule has 0 spiro atoms. The van der Waals surface area contributed by atoms with Crippen LogP contribution in [0.4, 0.5) is 5.69 Å². The number of rotatable bonds is 6. The van der Waals surface area contributed by atoms with Crippen LogP contribution >= 0.6 is 23.1 Å². The Morgan fingerprint density at radius 1 is 1.28 bits per heavy atom. The average Bonchev–Trinajstić information content (AvgIpc) is 3.12. The highest BCUT2D eigenvalue weighted by molar-refractivity contribution is 8.00. The van der Waals surface area contributed by atoms with Crippen molar-refractivity contribution in [2.24, 2.45) is 0 Å². The van der Waals surface area contributed by atoms with Crippen molar-refractivity contribution in [3.63, 3.8) is 0 Å². The van der Waals surface area contributed by atoms with Crippen molar-refractivity contribution in [2.45, 2.75) is 47.9 Å². The van der Waals surface area contributed by atoms with Crippen molar-refractivity contribution in [3.8, 4) is 0 Å². The number of H-pyrrole nitrogens is 1. The van der Waals surface area contributed by atoms with Gasteiger partial charge in [0.25, 0.3) is 5.56 Å². The summed E-state index contributed by atoms with van der Waals surface area (Å²) in [6.07, 6.45) is 4.12. The normalized spacial score (nSPS) is 15.0. The summed E-state index contributed by atoms with van der Waals surface area (Å²) in [4.78, 5) is 34.9. The monoisotopic (exact) mass is 492 g/mol. The summed E-state index contributed by atoms with van der Waals surface area (Å²) >= 11 is 2.73. The molecule has 1 aromatic carbocycles. The SMILES string of the molecule is CC(Sc1nc2sc3c(c2c(=O)[nH]1)CCCC3)C(=O)Nc1cccc(S(=O)(=O)N(C)C)c1. The fraction of sp³-hybridized carbons (Fsp3) is 0.381. The van der Waals surface area contributed by atoms with Gasteiger partial charge in [-0.1, -0.05) is 17.8 Å². The minimum Gasteiger partial charge on any atom is -0.325 e. The van der Waals surface area contributed by atoms with Crippen LogP contribution in [0.2, 0.25) is 0 Å². The fourth-order valence-electron chi connectivity index (χ4n) is 3.61. The number of thiophene rings is 1. The lowest BCUT2D eigenvalue weighted by atomic mass is 9.97. The number of anilines is 1. The maximum atomic E-state index is 12.7. The minimum absolute atomic E-state index is 0.0960. The van der Waals surface area contributed by atoms with Crippen LogP contribution in [0.3, 0.4) is 0 Å². The Kier molecular flexibility index (Phi) is 6.44. The van der Waals surface area contributed by atoms with E-state index in [9.17, 15) is 18.0 Å². The zero-order valence-electron chi connectivity index (χ0n) is 18.0. The van der Waals surface area contributed by atoms with Gasteiger partial charge in [-0.05, 0) is 56.4 Å². The summed E-state index contributed by atoms with van der Waals surface area (Å²) in [6.45, 7) is 1.71. The van der Waals surface area contributed by atoms with Crippen molar-refractivity contribution >= 4 is 54.9 Å². The van der Waals surface area contributed by atoms with Gasteiger partial charge in [-0.2, -0.15) is 0 Å². The number of aromatic nitrogens is 2. The number of sulfonamides is 1. The standard InChI is InChI=1S/C21H24N4O4S3/c1-12(18(26)22-13-7-6-8-14(11-13)32(28,29)25(2)3)30-21-23-19(27)17-15-9-4-5-10-16(15)31-20(17)24-21/h6-8,11-12H,4-5,9-10H2,1-3H3,(H,22,26)(H,23,24,27). The molecule has 11 heteroatoms. The molecule has 1 aliphatic carbocycles. The molecule has 2 aromatic heterocycles. The van der Waals surface area contributed by atoms with E-state index < -0.39 is 15.3 Å². The number of aromatic amines is 1. The molecule has 0 aliphatic heterocycles. The maximum Gasteiger partial charge on any atom is 0.260 e. The largest absolute Gasteiger partial charge is 0.325 e. The molecule has 2 heterocycles. The number of hydrogen-bond donors (Lipinski definition) is 2. The molecule has 0 bridgehead atoms. The zero-order valence-corrected chi connectivity index (χ0v) is 20.4. The molecule has 0 radical (unpaired) electrons. The number of hydrogen-bond acceptors (Lipinski definition) is 7. The molecule has 0 saturated carbocycles. The lowest BCUT2D eigenvalue weighted by Crippen LogP contribution is -2.24. The summed E-state index contributed by atoms with van der Waals surface area (Å²) in [5.41, 5.74) is 1.35. The highest BCUT2D eigenvalue weighted by Crippen LogP contribution is 2.34. The number of carbonyl (C=O) groups is 1. The van der Waals surface area contributed by atoms with Gasteiger partial charge in [0.15, 0.2) is 5.16 Å². The van der Waals surface area contributed by atoms with Crippen LogP contribution < -0.4 is 10.9 Å². The lowest BCUT2D eigenvalue weighted by Gasteiger charge is -2.14. The van der Waals surface area contributed by atoms with Crippen molar-refractivity contribution in [2.75, 3.05) is 19.4 Å². The predicted molar refractivity (Wildman–Crippen MR) is 128 cm³/mol. The number of benzene rings is 1. The highest BCUT2D eigenvalue weighted by atomic mass is 32.2. The van der Waals surface area contributed by atoms with E-state index in [-0.39, 0.29) is 16.4 Å². The van der Waals surface area contributed by atoms with E-state index in [1.807, 2.05) is 0 Å². The van der Waals surface area contributed by atoms with Crippen molar-refractivity contribution in [1.82, 2.24) is 14.3 Å². The van der Waals surface area contributed by atoms with Gasteiger partial charge in [0.05, 0.1) is 15.5 Å². The Morgan fingerprint density at radius 3 is 2.78 bits per heavy atom. The quantitative estimate of drug-likeness (QED) is 0.404. The second-order valence-corrected chi connectivity index (χ2v) is 12.4. The van der Waals surface area contributed by atoms with Crippen molar-refractivity contribution in [1.29, 1.82) is 0 Å². The molecule has 4 rings (SSSR count). The second-order valence-electron chi connectivity index (χ2n) is 7.83. The van der Waals surface area contributed by atoms with Crippen LogP contribution in [0.1, 0.15) is 30.2 Å². The number of aryl methyl sites for hydroxylation is 2. The van der Waals surface area contributed by atoms with Crippen LogP contribution in [0.15, 0.2) is 39.1 Å². The first-order valence-electron chi connectivity index (χ1n) is 10.2. The molecule has 1 unspecified atom stereocenters. The van der Waals surface area contributed by atoms with Crippen molar-refractivity contribution in [3.05, 3.63) is 45.1 Å². The Bertz CT molecular complexity index is 1340. The molecular formula is C21H24N4O4S3. The predicted octanol–water partition coefficient (Wildman–Crippen LogP) is 3.23. The number of fused-ring (bicyclic) bond motifs is 3. The van der Waals surface area contributed by atoms with Crippen LogP contribution in [-0.2, 0) is 27.7 Å². The van der Waals surface area contributed by atoms with Gasteiger partial charge in [0.1, 0.15) is 4.83 Å². The topological polar surface area (TPSA) is 112 Å². The number of amides is 1. The molecule has 0 fully saturated rings. The van der Waals surface area contributed by atoms with Crippen LogP contribution in [0.5, 0.6) is 0 Å². The van der Waals surface area contributed by atoms with Gasteiger partial charge >= 0.3 is 0 Å². The summed E-state index contributed by atoms with van der Waals surface area (Å²) < 4.78 is 25.8. The molecule has 8 nitrogen and oxygen atoms in total. The second kappa shape index (κ2) is 8.97. The Morgan fingerprint density at radius 2 is 2.03 bits per heavy atom. The van der Waals surface area contributed by atoms with Crippen LogP contribution in [0, 0.1) is 0 Å². The van der Waals surface area contributed by atoms with E-state index in [1.165, 1.54) is 31.1 Å². The number of carbonyl (C=O) groups excluding carboxylic acids is 1. The first-order chi connectivity index (χ1) is 15.2. The molecular weight excluding hydrogens is 468 g/mol. The van der Waals surface area contributed by atoms with Gasteiger partial charge in [0, 0.05) is 24.7 Å². The van der Waals surface area contributed by atoms with Crippen LogP contribution in [-0.4, -0.2) is 47.9 Å². The fourth-order valence-corrected chi connectivity index (χ4v) is 6.67. The number of nitrogens with zero attached hydrogens (tertiary/aromatic N) is 2. The van der Waals surface area contributed by atoms with E-state index in [0.717, 1.165) is 52.1 Å². The molecule has 1 amide bonds. The van der Waals surface area contributed by atoms with E-state index in [4.69, 9.17) is 0 Å². The maximum absolute atomic E-state index is 12.7. The van der Waals surface area contributed by atoms with E-state index >= 15 is 0 Å². The Balaban J connectivity index is 1.51. The zero-order chi connectivity index (χ0) is 23.0. The first-order valence-corrected chi connectivity index (χ1v) is 13.3. The van der Waals surface area contributed by atoms with Crippen LogP contribution in [0.25, 0.3) is 10.2 Å². The summed E-state index contributed by atoms with van der Waals surface area (Å²) in [6, 6.07) is 6.11. The van der Waals surface area contributed by atoms with Gasteiger partial charge in [-0.25, -0.2) is 17.7 Å². The molecule has 2 N–H and O–H groups in total. The number of thioether (sulfide) groups is 1. The first kappa shape index (κ1) is 23.0. The number of nitrogens with one attached hydrogen (secondary N) is 2. The van der Waals surface area contributed by atoms with E-state index in [0.29, 0.717) is 16.2 Å². The third-order valence-electron chi connectivity index (χ3n) is 5.34. The highest BCUT2D eigenvalue weighted by Gasteiger charge is 2.22. The van der Waals surface area contributed by atoms with Gasteiger partial charge in [-0.15, -0.1) is 11.3 Å². The lowest BCUT2D eigenvalue weighted by molar-refractivity contribution is -0.115. The third-order valence-corrected chi connectivity index (χ3v) is 9.32. The average molecular weight is 493 g/mol. The Hall–Kier alpha value is -2.21.